The number of likely N-dealkylation sites (tertiary alicyclic amines) is 1. The van der Waals surface area contributed by atoms with Gasteiger partial charge in [-0.2, -0.15) is 8.78 Å². The molecule has 1 saturated heterocycles. The Morgan fingerprint density at radius 2 is 1.96 bits per heavy atom. The van der Waals surface area contributed by atoms with E-state index in [1.807, 2.05) is 0 Å². The lowest BCUT2D eigenvalue weighted by molar-refractivity contribution is -0.385. The van der Waals surface area contributed by atoms with Crippen molar-refractivity contribution in [3.8, 4) is 5.75 Å². The number of hydrogen-bond acceptors (Lipinski definition) is 5. The molecule has 1 heterocycles. The molecule has 3 rings (SSSR count). The fraction of sp³-hybridized carbons (Fsp3) is 0.600. The minimum Gasteiger partial charge on any atom is -0.432 e. The number of alkyl halides is 2. The molecular formula is C15H19F2N3O3. The van der Waals surface area contributed by atoms with Crippen LogP contribution in [0.25, 0.3) is 0 Å². The van der Waals surface area contributed by atoms with Crippen LogP contribution in [0.15, 0.2) is 18.2 Å². The number of hydrogen-bond donors (Lipinski definition) is 1. The van der Waals surface area contributed by atoms with Crippen molar-refractivity contribution in [2.24, 2.45) is 0 Å². The standard InChI is InChI=1S/C15H19F2N3O3/c16-15(17)23-14-9-12(20(21)22)3-4-13(14)18-10-5-7-19(8-6-10)11-1-2-11/h3-4,9-11,15,18H,1-2,5-8H2. The molecule has 1 aromatic rings. The highest BCUT2D eigenvalue weighted by Gasteiger charge is 2.32. The smallest absolute Gasteiger partial charge is 0.387 e. The largest absolute Gasteiger partial charge is 0.432 e. The number of halogens is 2. The van der Waals surface area contributed by atoms with Gasteiger partial charge in [0, 0.05) is 31.2 Å². The van der Waals surface area contributed by atoms with Crippen LogP contribution in [0.4, 0.5) is 20.2 Å². The summed E-state index contributed by atoms with van der Waals surface area (Å²) in [6.07, 6.45) is 4.38. The number of rotatable bonds is 6. The van der Waals surface area contributed by atoms with Gasteiger partial charge in [0.15, 0.2) is 5.75 Å². The zero-order valence-corrected chi connectivity index (χ0v) is 12.6. The number of anilines is 1. The van der Waals surface area contributed by atoms with E-state index in [1.165, 1.54) is 25.0 Å². The number of nitro groups is 1. The maximum atomic E-state index is 12.5. The molecule has 6 nitrogen and oxygen atoms in total. The Morgan fingerprint density at radius 1 is 1.26 bits per heavy atom. The Bertz CT molecular complexity index is 573. The molecule has 0 unspecified atom stereocenters. The minimum atomic E-state index is -3.02. The van der Waals surface area contributed by atoms with Crippen LogP contribution < -0.4 is 10.1 Å². The SMILES string of the molecule is O=[N+]([O-])c1ccc(NC2CCN(C3CC3)CC2)c(OC(F)F)c1. The summed E-state index contributed by atoms with van der Waals surface area (Å²) in [6, 6.07) is 4.65. The van der Waals surface area contributed by atoms with Gasteiger partial charge in [-0.05, 0) is 31.7 Å². The summed E-state index contributed by atoms with van der Waals surface area (Å²) in [7, 11) is 0. The van der Waals surface area contributed by atoms with Crippen molar-refractivity contribution >= 4 is 11.4 Å². The number of non-ortho nitro benzene ring substituents is 1. The van der Waals surface area contributed by atoms with Gasteiger partial charge in [-0.3, -0.25) is 10.1 Å². The summed E-state index contributed by atoms with van der Waals surface area (Å²) in [5.74, 6) is -0.182. The second kappa shape index (κ2) is 6.66. The lowest BCUT2D eigenvalue weighted by Crippen LogP contribution is -2.40. The van der Waals surface area contributed by atoms with Crippen molar-refractivity contribution in [2.75, 3.05) is 18.4 Å². The van der Waals surface area contributed by atoms with Gasteiger partial charge in [0.2, 0.25) is 0 Å². The fourth-order valence-electron chi connectivity index (χ4n) is 3.01. The molecule has 2 fully saturated rings. The van der Waals surface area contributed by atoms with Crippen molar-refractivity contribution < 1.29 is 18.4 Å². The Labute approximate surface area is 132 Å². The second-order valence-electron chi connectivity index (χ2n) is 6.00. The molecule has 8 heteroatoms. The topological polar surface area (TPSA) is 67.6 Å². The maximum Gasteiger partial charge on any atom is 0.387 e. The third-order valence-corrected chi connectivity index (χ3v) is 4.34. The molecule has 0 amide bonds. The van der Waals surface area contributed by atoms with E-state index in [9.17, 15) is 18.9 Å². The van der Waals surface area contributed by atoms with E-state index >= 15 is 0 Å². The molecule has 1 aliphatic carbocycles. The van der Waals surface area contributed by atoms with Gasteiger partial charge < -0.3 is 15.0 Å². The summed E-state index contributed by atoms with van der Waals surface area (Å²) in [5, 5.41) is 14.0. The van der Waals surface area contributed by atoms with E-state index in [0.717, 1.165) is 38.0 Å². The number of benzene rings is 1. The first-order chi connectivity index (χ1) is 11.0. The van der Waals surface area contributed by atoms with E-state index in [-0.39, 0.29) is 17.5 Å². The van der Waals surface area contributed by atoms with Gasteiger partial charge in [0.25, 0.3) is 5.69 Å². The monoisotopic (exact) mass is 327 g/mol. The van der Waals surface area contributed by atoms with Crippen LogP contribution in [-0.2, 0) is 0 Å². The highest BCUT2D eigenvalue weighted by atomic mass is 19.3. The van der Waals surface area contributed by atoms with Gasteiger partial charge >= 0.3 is 6.61 Å². The first-order valence-corrected chi connectivity index (χ1v) is 7.77. The van der Waals surface area contributed by atoms with Crippen molar-refractivity contribution in [2.45, 2.75) is 44.4 Å². The predicted octanol–water partition coefficient (Wildman–Crippen LogP) is 3.23. The molecule has 1 N–H and O–H groups in total. The quantitative estimate of drug-likeness (QED) is 0.642. The summed E-state index contributed by atoms with van der Waals surface area (Å²) in [6.45, 7) is -1.05. The number of nitro benzene ring substituents is 1. The Balaban J connectivity index is 1.67. The summed E-state index contributed by atoms with van der Waals surface area (Å²) in [4.78, 5) is 12.6. The zero-order chi connectivity index (χ0) is 16.4. The van der Waals surface area contributed by atoms with Gasteiger partial charge in [-0.1, -0.05) is 0 Å². The van der Waals surface area contributed by atoms with Crippen molar-refractivity contribution in [3.63, 3.8) is 0 Å². The molecule has 2 aliphatic rings. The minimum absolute atomic E-state index is 0.159. The van der Waals surface area contributed by atoms with Gasteiger partial charge in [-0.25, -0.2) is 0 Å². The molecule has 23 heavy (non-hydrogen) atoms. The number of nitrogens with zero attached hydrogens (tertiary/aromatic N) is 2. The van der Waals surface area contributed by atoms with Crippen LogP contribution in [0, 0.1) is 10.1 Å². The molecular weight excluding hydrogens is 308 g/mol. The van der Waals surface area contributed by atoms with Crippen LogP contribution in [0.3, 0.4) is 0 Å². The van der Waals surface area contributed by atoms with E-state index in [4.69, 9.17) is 0 Å². The van der Waals surface area contributed by atoms with Crippen LogP contribution in [-0.4, -0.2) is 41.6 Å². The van der Waals surface area contributed by atoms with E-state index in [0.29, 0.717) is 5.69 Å². The average Bonchev–Trinajstić information content (AvgIpc) is 3.34. The number of piperidine rings is 1. The van der Waals surface area contributed by atoms with E-state index in [2.05, 4.69) is 15.0 Å². The molecule has 0 aromatic heterocycles. The van der Waals surface area contributed by atoms with Crippen LogP contribution >= 0.6 is 0 Å². The van der Waals surface area contributed by atoms with Crippen molar-refractivity contribution in [1.82, 2.24) is 4.90 Å². The van der Waals surface area contributed by atoms with Crippen molar-refractivity contribution in [3.05, 3.63) is 28.3 Å². The molecule has 1 saturated carbocycles. The molecule has 1 aromatic carbocycles. The number of ether oxygens (including phenoxy) is 1. The molecule has 1 aliphatic heterocycles. The second-order valence-corrected chi connectivity index (χ2v) is 6.00. The predicted molar refractivity (Wildman–Crippen MR) is 81.0 cm³/mol. The molecule has 0 spiro atoms. The van der Waals surface area contributed by atoms with E-state index < -0.39 is 11.5 Å². The molecule has 126 valence electrons. The third kappa shape index (κ3) is 4.07. The third-order valence-electron chi connectivity index (χ3n) is 4.34. The Morgan fingerprint density at radius 3 is 2.52 bits per heavy atom. The lowest BCUT2D eigenvalue weighted by atomic mass is 10.0. The first-order valence-electron chi connectivity index (χ1n) is 7.77. The van der Waals surface area contributed by atoms with Gasteiger partial charge in [-0.15, -0.1) is 0 Å². The average molecular weight is 327 g/mol. The van der Waals surface area contributed by atoms with Gasteiger partial charge in [0.1, 0.15) is 0 Å². The van der Waals surface area contributed by atoms with Crippen LogP contribution in [0.1, 0.15) is 25.7 Å². The highest BCUT2D eigenvalue weighted by molar-refractivity contribution is 5.61. The molecule has 0 radical (unpaired) electrons. The lowest BCUT2D eigenvalue weighted by Gasteiger charge is -2.33. The number of nitrogens with one attached hydrogen (secondary N) is 1. The highest BCUT2D eigenvalue weighted by Crippen LogP contribution is 2.33. The fourth-order valence-corrected chi connectivity index (χ4v) is 3.01. The first kappa shape index (κ1) is 15.9. The van der Waals surface area contributed by atoms with Crippen LogP contribution in [0.2, 0.25) is 0 Å². The zero-order valence-electron chi connectivity index (χ0n) is 12.6. The molecule has 0 bridgehead atoms. The Hall–Kier alpha value is -1.96. The van der Waals surface area contributed by atoms with E-state index in [1.54, 1.807) is 0 Å². The summed E-state index contributed by atoms with van der Waals surface area (Å²) >= 11 is 0. The maximum absolute atomic E-state index is 12.5. The summed E-state index contributed by atoms with van der Waals surface area (Å²) in [5.41, 5.74) is 0.107. The Kier molecular flexibility index (Phi) is 4.61. The molecule has 0 atom stereocenters. The van der Waals surface area contributed by atoms with Crippen LogP contribution in [0.5, 0.6) is 5.75 Å². The normalized spacial score (nSPS) is 19.8. The summed E-state index contributed by atoms with van der Waals surface area (Å²) < 4.78 is 29.5. The van der Waals surface area contributed by atoms with Crippen molar-refractivity contribution in [1.29, 1.82) is 0 Å². The van der Waals surface area contributed by atoms with Gasteiger partial charge in [0.05, 0.1) is 16.7 Å².